The fourth-order valence-corrected chi connectivity index (χ4v) is 3.26. The van der Waals surface area contributed by atoms with Crippen LogP contribution in [0.3, 0.4) is 0 Å². The molecule has 0 radical (unpaired) electrons. The van der Waals surface area contributed by atoms with Gasteiger partial charge in [-0.15, -0.1) is 0 Å². The molecule has 0 unspecified atom stereocenters. The summed E-state index contributed by atoms with van der Waals surface area (Å²) < 4.78 is 0.837. The topological polar surface area (TPSA) is 66.5 Å². The fourth-order valence-electron chi connectivity index (χ4n) is 1.84. The summed E-state index contributed by atoms with van der Waals surface area (Å²) in [5, 5.41) is 4.65. The second-order valence-electron chi connectivity index (χ2n) is 4.26. The molecule has 0 saturated heterocycles. The second-order valence-corrected chi connectivity index (χ2v) is 6.03. The number of imidazole rings is 1. The Morgan fingerprint density at radius 3 is 2.95 bits per heavy atom. The third-order valence-electron chi connectivity index (χ3n) is 2.80. The van der Waals surface area contributed by atoms with Gasteiger partial charge in [0.05, 0.1) is 15.5 Å². The number of nitrogens with zero attached hydrogens (tertiary/aromatic N) is 3. The average molecular weight is 350 g/mol. The van der Waals surface area contributed by atoms with E-state index in [2.05, 4.69) is 60.2 Å². The molecule has 3 rings (SSSR count). The van der Waals surface area contributed by atoms with Crippen LogP contribution in [0, 0.1) is 6.92 Å². The Balaban J connectivity index is 1.97. The van der Waals surface area contributed by atoms with Crippen molar-refractivity contribution in [3.63, 3.8) is 0 Å². The van der Waals surface area contributed by atoms with Gasteiger partial charge in [-0.3, -0.25) is 0 Å². The van der Waals surface area contributed by atoms with E-state index in [1.165, 1.54) is 23.7 Å². The van der Waals surface area contributed by atoms with Crippen LogP contribution in [0.4, 0.5) is 5.82 Å². The predicted molar refractivity (Wildman–Crippen MR) is 84.2 cm³/mol. The molecule has 2 N–H and O–H groups in total. The van der Waals surface area contributed by atoms with Crippen molar-refractivity contribution in [1.29, 1.82) is 0 Å². The van der Waals surface area contributed by atoms with E-state index in [1.807, 2.05) is 13.1 Å². The lowest BCUT2D eigenvalue weighted by molar-refractivity contribution is 1.01. The Morgan fingerprint density at radius 1 is 1.30 bits per heavy atom. The highest BCUT2D eigenvalue weighted by molar-refractivity contribution is 9.10. The first-order valence-electron chi connectivity index (χ1n) is 6.00. The zero-order valence-electron chi connectivity index (χ0n) is 10.9. The van der Waals surface area contributed by atoms with E-state index < -0.39 is 0 Å². The lowest BCUT2D eigenvalue weighted by Crippen LogP contribution is -1.96. The number of nitrogens with one attached hydrogen (secondary N) is 2. The second kappa shape index (κ2) is 5.41. The van der Waals surface area contributed by atoms with E-state index in [0.717, 1.165) is 31.5 Å². The molecular formula is C13H12BrN5S. The predicted octanol–water partition coefficient (Wildman–Crippen LogP) is 3.62. The van der Waals surface area contributed by atoms with E-state index >= 15 is 0 Å². The van der Waals surface area contributed by atoms with Gasteiger partial charge < -0.3 is 10.3 Å². The Labute approximate surface area is 128 Å². The summed E-state index contributed by atoms with van der Waals surface area (Å²) in [7, 11) is 1.82. The van der Waals surface area contributed by atoms with Crippen molar-refractivity contribution in [2.45, 2.75) is 17.1 Å². The monoisotopic (exact) mass is 349 g/mol. The molecule has 0 aliphatic heterocycles. The molecule has 20 heavy (non-hydrogen) atoms. The number of aromatic nitrogens is 4. The van der Waals surface area contributed by atoms with Crippen molar-refractivity contribution in [3.8, 4) is 0 Å². The normalized spacial score (nSPS) is 10.9. The lowest BCUT2D eigenvalue weighted by Gasteiger charge is -2.05. The number of aromatic amines is 1. The summed E-state index contributed by atoms with van der Waals surface area (Å²) in [6.07, 6.45) is 1.53. The zero-order chi connectivity index (χ0) is 14.1. The van der Waals surface area contributed by atoms with Gasteiger partial charge in [0.1, 0.15) is 17.2 Å². The first kappa shape index (κ1) is 13.4. The minimum absolute atomic E-state index is 0.759. The van der Waals surface area contributed by atoms with E-state index in [0.29, 0.717) is 0 Å². The standard InChI is InChI=1S/C13H12BrN5S/c1-7-3-4-8-9(5-7)19-13(18-8)20-12-10(14)11(15-2)16-6-17-12/h3-6H,1-2H3,(H,18,19)(H,15,16,17). The molecule has 0 fully saturated rings. The Kier molecular flexibility index (Phi) is 3.62. The smallest absolute Gasteiger partial charge is 0.172 e. The van der Waals surface area contributed by atoms with Crippen LogP contribution in [-0.4, -0.2) is 27.0 Å². The summed E-state index contributed by atoms with van der Waals surface area (Å²) in [5.41, 5.74) is 3.20. The van der Waals surface area contributed by atoms with Crippen molar-refractivity contribution >= 4 is 44.5 Å². The molecule has 0 amide bonds. The van der Waals surface area contributed by atoms with Crippen LogP contribution >= 0.6 is 27.7 Å². The Bertz CT molecular complexity index is 771. The third kappa shape index (κ3) is 2.51. The number of aryl methyl sites for hydroxylation is 1. The molecule has 0 spiro atoms. The van der Waals surface area contributed by atoms with Gasteiger partial charge >= 0.3 is 0 Å². The van der Waals surface area contributed by atoms with Gasteiger partial charge in [0.25, 0.3) is 0 Å². The summed E-state index contributed by atoms with van der Waals surface area (Å²) in [5.74, 6) is 0.759. The number of hydrogen-bond donors (Lipinski definition) is 2. The number of H-pyrrole nitrogens is 1. The van der Waals surface area contributed by atoms with Crippen molar-refractivity contribution < 1.29 is 0 Å². The van der Waals surface area contributed by atoms with Crippen molar-refractivity contribution in [2.75, 3.05) is 12.4 Å². The molecule has 2 aromatic heterocycles. The van der Waals surface area contributed by atoms with Gasteiger partial charge in [-0.05, 0) is 52.3 Å². The van der Waals surface area contributed by atoms with Crippen LogP contribution in [0.2, 0.25) is 0 Å². The molecular weight excluding hydrogens is 338 g/mol. The quantitative estimate of drug-likeness (QED) is 0.707. The number of benzene rings is 1. The maximum absolute atomic E-state index is 4.55. The third-order valence-corrected chi connectivity index (χ3v) is 4.71. The summed E-state index contributed by atoms with van der Waals surface area (Å²) in [4.78, 5) is 16.3. The molecule has 0 aliphatic carbocycles. The van der Waals surface area contributed by atoms with Crippen molar-refractivity contribution in [2.24, 2.45) is 0 Å². The number of halogens is 1. The number of fused-ring (bicyclic) bond motifs is 1. The summed E-state index contributed by atoms with van der Waals surface area (Å²) in [6, 6.07) is 6.15. The molecule has 0 bridgehead atoms. The largest absolute Gasteiger partial charge is 0.372 e. The fraction of sp³-hybridized carbons (Fsp3) is 0.154. The van der Waals surface area contributed by atoms with Crippen molar-refractivity contribution in [1.82, 2.24) is 19.9 Å². The van der Waals surface area contributed by atoms with Crippen LogP contribution < -0.4 is 5.32 Å². The molecule has 5 nitrogen and oxygen atoms in total. The SMILES string of the molecule is CNc1ncnc(Sc2nc3ccc(C)cc3[nH]2)c1Br. The van der Waals surface area contributed by atoms with Gasteiger partial charge in [-0.25, -0.2) is 15.0 Å². The lowest BCUT2D eigenvalue weighted by atomic mass is 10.2. The van der Waals surface area contributed by atoms with Crippen molar-refractivity contribution in [3.05, 3.63) is 34.6 Å². The van der Waals surface area contributed by atoms with E-state index in [-0.39, 0.29) is 0 Å². The first-order chi connectivity index (χ1) is 9.67. The number of hydrogen-bond acceptors (Lipinski definition) is 5. The minimum Gasteiger partial charge on any atom is -0.372 e. The van der Waals surface area contributed by atoms with E-state index in [9.17, 15) is 0 Å². The highest BCUT2D eigenvalue weighted by Crippen LogP contribution is 2.34. The van der Waals surface area contributed by atoms with Gasteiger partial charge in [0.2, 0.25) is 0 Å². The zero-order valence-corrected chi connectivity index (χ0v) is 13.3. The van der Waals surface area contributed by atoms with Gasteiger partial charge in [0, 0.05) is 7.05 Å². The number of rotatable bonds is 3. The molecule has 0 saturated carbocycles. The first-order valence-corrected chi connectivity index (χ1v) is 7.61. The van der Waals surface area contributed by atoms with Gasteiger partial charge in [-0.1, -0.05) is 6.07 Å². The Morgan fingerprint density at radius 2 is 2.15 bits per heavy atom. The average Bonchev–Trinajstić information content (AvgIpc) is 2.82. The van der Waals surface area contributed by atoms with Gasteiger partial charge in [-0.2, -0.15) is 0 Å². The molecule has 0 atom stereocenters. The van der Waals surface area contributed by atoms with Crippen LogP contribution in [0.25, 0.3) is 11.0 Å². The highest BCUT2D eigenvalue weighted by Gasteiger charge is 2.11. The van der Waals surface area contributed by atoms with Crippen LogP contribution in [-0.2, 0) is 0 Å². The Hall–Kier alpha value is -1.60. The van der Waals surface area contributed by atoms with Crippen LogP contribution in [0.5, 0.6) is 0 Å². The minimum atomic E-state index is 0.759. The van der Waals surface area contributed by atoms with E-state index in [1.54, 1.807) is 0 Å². The molecule has 3 aromatic rings. The van der Waals surface area contributed by atoms with Crippen LogP contribution in [0.15, 0.2) is 39.2 Å². The van der Waals surface area contributed by atoms with Gasteiger partial charge in [0.15, 0.2) is 5.16 Å². The maximum Gasteiger partial charge on any atom is 0.172 e. The molecule has 1 aromatic carbocycles. The number of anilines is 1. The highest BCUT2D eigenvalue weighted by atomic mass is 79.9. The maximum atomic E-state index is 4.55. The molecule has 7 heteroatoms. The summed E-state index contributed by atoms with van der Waals surface area (Å²) >= 11 is 4.98. The summed E-state index contributed by atoms with van der Waals surface area (Å²) in [6.45, 7) is 2.06. The molecule has 102 valence electrons. The molecule has 0 aliphatic rings. The van der Waals surface area contributed by atoms with E-state index in [4.69, 9.17) is 0 Å². The van der Waals surface area contributed by atoms with Crippen LogP contribution in [0.1, 0.15) is 5.56 Å². The molecule has 2 heterocycles.